The summed E-state index contributed by atoms with van der Waals surface area (Å²) in [6.07, 6.45) is 1.51. The maximum atomic E-state index is 9.58. The van der Waals surface area contributed by atoms with Gasteiger partial charge in [0, 0.05) is 18.8 Å². The van der Waals surface area contributed by atoms with Crippen molar-refractivity contribution in [3.63, 3.8) is 0 Å². The van der Waals surface area contributed by atoms with E-state index in [0.717, 1.165) is 30.5 Å². The Kier molecular flexibility index (Phi) is 2.69. The fraction of sp³-hybridized carbons (Fsp3) is 0.538. The number of nitriles is 1. The molecule has 3 rings (SSSR count). The molecule has 18 heavy (non-hydrogen) atoms. The number of fused-ring (bicyclic) bond motifs is 1. The highest BCUT2D eigenvalue weighted by molar-refractivity contribution is 5.57. The first kappa shape index (κ1) is 11.5. The second-order valence-corrected chi connectivity index (χ2v) is 4.97. The molecule has 5 heteroatoms. The zero-order valence-corrected chi connectivity index (χ0v) is 10.0. The van der Waals surface area contributed by atoms with Gasteiger partial charge in [0.2, 0.25) is 0 Å². The summed E-state index contributed by atoms with van der Waals surface area (Å²) < 4.78 is 0. The van der Waals surface area contributed by atoms with Crippen LogP contribution in [0.2, 0.25) is 0 Å². The van der Waals surface area contributed by atoms with Gasteiger partial charge in [0.1, 0.15) is 11.9 Å². The quantitative estimate of drug-likeness (QED) is 0.727. The molecule has 1 aromatic rings. The van der Waals surface area contributed by atoms with E-state index in [4.69, 9.17) is 0 Å². The van der Waals surface area contributed by atoms with Gasteiger partial charge in [-0.25, -0.2) is 4.98 Å². The van der Waals surface area contributed by atoms with Gasteiger partial charge in [-0.1, -0.05) is 0 Å². The Morgan fingerprint density at radius 2 is 2.00 bits per heavy atom. The van der Waals surface area contributed by atoms with Crippen LogP contribution in [0.5, 0.6) is 0 Å². The van der Waals surface area contributed by atoms with E-state index in [2.05, 4.69) is 11.1 Å². The minimum atomic E-state index is -0.758. The van der Waals surface area contributed by atoms with Crippen molar-refractivity contribution in [3.05, 3.63) is 22.9 Å². The van der Waals surface area contributed by atoms with Gasteiger partial charge in [-0.15, -0.1) is 0 Å². The Bertz CT molecular complexity index is 514. The molecular weight excluding hydrogens is 230 g/mol. The Hall–Kier alpha value is -1.64. The predicted octanol–water partition coefficient (Wildman–Crippen LogP) is -0.0162. The standard InChI is InChI=1S/C13H15N3O2/c14-5-9-4-8-2-1-3-10(8)15-13(9)16-6-11(17)12(18)7-16/h4,11-12,17-18H,1-3,6-7H2. The van der Waals surface area contributed by atoms with E-state index in [9.17, 15) is 15.5 Å². The van der Waals surface area contributed by atoms with Crippen LogP contribution in [0, 0.1) is 11.3 Å². The number of hydrogen-bond donors (Lipinski definition) is 2. The summed E-state index contributed by atoms with van der Waals surface area (Å²) in [4.78, 5) is 6.35. The monoisotopic (exact) mass is 245 g/mol. The lowest BCUT2D eigenvalue weighted by molar-refractivity contribution is 0.0572. The van der Waals surface area contributed by atoms with Gasteiger partial charge in [0.25, 0.3) is 0 Å². The number of aliphatic hydroxyl groups is 2. The number of aliphatic hydroxyl groups excluding tert-OH is 2. The first-order valence-electron chi connectivity index (χ1n) is 6.23. The Balaban J connectivity index is 1.99. The smallest absolute Gasteiger partial charge is 0.147 e. The number of rotatable bonds is 1. The van der Waals surface area contributed by atoms with Crippen molar-refractivity contribution in [1.82, 2.24) is 4.98 Å². The molecule has 1 aromatic heterocycles. The molecule has 0 aromatic carbocycles. The third-order valence-corrected chi connectivity index (χ3v) is 3.71. The minimum absolute atomic E-state index is 0.335. The molecule has 0 bridgehead atoms. The Morgan fingerprint density at radius 3 is 2.67 bits per heavy atom. The summed E-state index contributed by atoms with van der Waals surface area (Å²) in [5, 5.41) is 28.4. The van der Waals surface area contributed by atoms with Crippen LogP contribution in [-0.4, -0.2) is 40.5 Å². The van der Waals surface area contributed by atoms with Crippen LogP contribution in [0.1, 0.15) is 23.2 Å². The maximum absolute atomic E-state index is 9.58. The predicted molar refractivity (Wildman–Crippen MR) is 65.2 cm³/mol. The topological polar surface area (TPSA) is 80.4 Å². The van der Waals surface area contributed by atoms with Crippen molar-refractivity contribution < 1.29 is 10.2 Å². The molecule has 94 valence electrons. The highest BCUT2D eigenvalue weighted by Gasteiger charge is 2.32. The van der Waals surface area contributed by atoms with Crippen LogP contribution in [0.15, 0.2) is 6.07 Å². The lowest BCUT2D eigenvalue weighted by Crippen LogP contribution is -2.23. The van der Waals surface area contributed by atoms with Crippen LogP contribution < -0.4 is 4.90 Å². The van der Waals surface area contributed by atoms with Gasteiger partial charge in [0.05, 0.1) is 17.8 Å². The zero-order valence-electron chi connectivity index (χ0n) is 10.0. The summed E-state index contributed by atoms with van der Waals surface area (Å²) in [5.41, 5.74) is 2.76. The summed E-state index contributed by atoms with van der Waals surface area (Å²) in [6.45, 7) is 0.670. The molecule has 0 amide bonds. The average molecular weight is 245 g/mol. The van der Waals surface area contributed by atoms with E-state index in [-0.39, 0.29) is 0 Å². The average Bonchev–Trinajstić information content (AvgIpc) is 2.94. The summed E-state index contributed by atoms with van der Waals surface area (Å²) in [7, 11) is 0. The number of nitrogens with zero attached hydrogens (tertiary/aromatic N) is 3. The van der Waals surface area contributed by atoms with Crippen molar-refractivity contribution in [1.29, 1.82) is 5.26 Å². The van der Waals surface area contributed by atoms with Crippen LogP contribution in [-0.2, 0) is 12.8 Å². The van der Waals surface area contributed by atoms with Gasteiger partial charge >= 0.3 is 0 Å². The van der Waals surface area contributed by atoms with Crippen molar-refractivity contribution >= 4 is 5.82 Å². The first-order valence-corrected chi connectivity index (χ1v) is 6.23. The minimum Gasteiger partial charge on any atom is -0.389 e. The lowest BCUT2D eigenvalue weighted by Gasteiger charge is -2.18. The molecule has 2 unspecified atom stereocenters. The van der Waals surface area contributed by atoms with Gasteiger partial charge in [-0.05, 0) is 30.9 Å². The molecule has 2 atom stereocenters. The molecular formula is C13H15N3O2. The molecule has 2 N–H and O–H groups in total. The molecule has 1 aliphatic heterocycles. The number of anilines is 1. The second kappa shape index (κ2) is 4.23. The Labute approximate surface area is 105 Å². The van der Waals surface area contributed by atoms with Gasteiger partial charge < -0.3 is 15.1 Å². The van der Waals surface area contributed by atoms with Crippen LogP contribution >= 0.6 is 0 Å². The Morgan fingerprint density at radius 1 is 1.28 bits per heavy atom. The lowest BCUT2D eigenvalue weighted by atomic mass is 10.1. The molecule has 1 aliphatic carbocycles. The summed E-state index contributed by atoms with van der Waals surface area (Å²) in [5.74, 6) is 0.605. The van der Waals surface area contributed by atoms with Crippen molar-refractivity contribution in [3.8, 4) is 6.07 Å². The number of aryl methyl sites for hydroxylation is 2. The molecule has 0 spiro atoms. The van der Waals surface area contributed by atoms with Crippen molar-refractivity contribution in [2.24, 2.45) is 0 Å². The molecule has 5 nitrogen and oxygen atoms in total. The van der Waals surface area contributed by atoms with Crippen LogP contribution in [0.3, 0.4) is 0 Å². The third kappa shape index (κ3) is 1.74. The number of hydrogen-bond acceptors (Lipinski definition) is 5. The fourth-order valence-electron chi connectivity index (χ4n) is 2.73. The molecule has 2 heterocycles. The highest BCUT2D eigenvalue weighted by Crippen LogP contribution is 2.28. The molecule has 0 radical (unpaired) electrons. The largest absolute Gasteiger partial charge is 0.389 e. The van der Waals surface area contributed by atoms with E-state index in [1.807, 2.05) is 6.07 Å². The molecule has 2 aliphatic rings. The van der Waals surface area contributed by atoms with Gasteiger partial charge in [-0.3, -0.25) is 0 Å². The number of aromatic nitrogens is 1. The van der Waals surface area contributed by atoms with Crippen LogP contribution in [0.4, 0.5) is 5.82 Å². The zero-order chi connectivity index (χ0) is 12.7. The first-order chi connectivity index (χ1) is 8.69. The third-order valence-electron chi connectivity index (χ3n) is 3.71. The normalized spacial score (nSPS) is 26.2. The summed E-state index contributed by atoms with van der Waals surface area (Å²) >= 11 is 0. The van der Waals surface area contributed by atoms with E-state index >= 15 is 0 Å². The van der Waals surface area contributed by atoms with Crippen molar-refractivity contribution in [2.45, 2.75) is 31.5 Å². The molecule has 0 saturated carbocycles. The van der Waals surface area contributed by atoms with Crippen molar-refractivity contribution in [2.75, 3.05) is 18.0 Å². The van der Waals surface area contributed by atoms with E-state index in [1.54, 1.807) is 4.90 Å². The second-order valence-electron chi connectivity index (χ2n) is 4.97. The molecule has 1 saturated heterocycles. The highest BCUT2D eigenvalue weighted by atomic mass is 16.3. The maximum Gasteiger partial charge on any atom is 0.147 e. The van der Waals surface area contributed by atoms with E-state index in [1.165, 1.54) is 0 Å². The number of β-amino-alcohol motifs (C(OH)–C–C–N with tert-alkyl or cyclic N) is 2. The van der Waals surface area contributed by atoms with Gasteiger partial charge in [-0.2, -0.15) is 5.26 Å². The fourth-order valence-corrected chi connectivity index (χ4v) is 2.73. The van der Waals surface area contributed by atoms with E-state index < -0.39 is 12.2 Å². The number of pyridine rings is 1. The van der Waals surface area contributed by atoms with E-state index in [0.29, 0.717) is 24.5 Å². The molecule has 1 fully saturated rings. The SMILES string of the molecule is N#Cc1cc2c(nc1N1CC(O)C(O)C1)CCC2. The van der Waals surface area contributed by atoms with Gasteiger partial charge in [0.15, 0.2) is 0 Å². The van der Waals surface area contributed by atoms with Crippen LogP contribution in [0.25, 0.3) is 0 Å². The summed E-state index contributed by atoms with van der Waals surface area (Å²) in [6, 6.07) is 4.07.